The summed E-state index contributed by atoms with van der Waals surface area (Å²) in [7, 11) is 1.79. The summed E-state index contributed by atoms with van der Waals surface area (Å²) < 4.78 is 12.2. The van der Waals surface area contributed by atoms with E-state index in [0.29, 0.717) is 48.9 Å². The maximum Gasteiger partial charge on any atom is 0.323 e. The first kappa shape index (κ1) is 17.2. The van der Waals surface area contributed by atoms with Crippen molar-refractivity contribution >= 4 is 23.4 Å². The van der Waals surface area contributed by atoms with Crippen LogP contribution in [0.4, 0.5) is 16.3 Å². The third-order valence-corrected chi connectivity index (χ3v) is 4.74. The number of nitrogens with zero attached hydrogens (tertiary/aromatic N) is 3. The lowest BCUT2D eigenvalue weighted by atomic mass is 9.96. The number of ether oxygens (including phenoxy) is 2. The van der Waals surface area contributed by atoms with Gasteiger partial charge in [0, 0.05) is 50.1 Å². The molecule has 9 heteroatoms. The summed E-state index contributed by atoms with van der Waals surface area (Å²) in [6, 6.07) is 6.88. The number of rotatable bonds is 3. The number of benzene rings is 1. The minimum atomic E-state index is -0.191. The molecule has 0 unspecified atom stereocenters. The fourth-order valence-electron chi connectivity index (χ4n) is 3.23. The average Bonchev–Trinajstić information content (AvgIpc) is 3.30. The first-order chi connectivity index (χ1) is 13.1. The zero-order valence-electron chi connectivity index (χ0n) is 15.0. The van der Waals surface area contributed by atoms with E-state index in [4.69, 9.17) is 9.47 Å². The van der Waals surface area contributed by atoms with Gasteiger partial charge in [0.1, 0.15) is 0 Å². The minimum absolute atomic E-state index is 0.0429. The molecule has 0 radical (unpaired) electrons. The van der Waals surface area contributed by atoms with Crippen LogP contribution in [0.25, 0.3) is 0 Å². The lowest BCUT2D eigenvalue weighted by Gasteiger charge is -2.31. The number of urea groups is 1. The van der Waals surface area contributed by atoms with Crippen molar-refractivity contribution < 1.29 is 19.1 Å². The molecule has 27 heavy (non-hydrogen) atoms. The third-order valence-electron chi connectivity index (χ3n) is 4.74. The van der Waals surface area contributed by atoms with Gasteiger partial charge in [-0.1, -0.05) is 0 Å². The molecule has 0 saturated carbocycles. The topological polar surface area (TPSA) is 97.7 Å². The molecule has 1 aromatic heterocycles. The predicted octanol–water partition coefficient (Wildman–Crippen LogP) is 2.03. The van der Waals surface area contributed by atoms with Crippen LogP contribution in [0.15, 0.2) is 30.5 Å². The van der Waals surface area contributed by atoms with Crippen molar-refractivity contribution in [3.63, 3.8) is 0 Å². The fourth-order valence-corrected chi connectivity index (χ4v) is 3.23. The van der Waals surface area contributed by atoms with Gasteiger partial charge in [0.05, 0.1) is 0 Å². The van der Waals surface area contributed by atoms with Crippen LogP contribution >= 0.6 is 0 Å². The van der Waals surface area contributed by atoms with Crippen LogP contribution in [0, 0.1) is 5.92 Å². The van der Waals surface area contributed by atoms with Crippen molar-refractivity contribution in [1.29, 1.82) is 0 Å². The number of carbonyl (C=O) groups is 2. The highest BCUT2D eigenvalue weighted by Crippen LogP contribution is 2.34. The van der Waals surface area contributed by atoms with E-state index < -0.39 is 0 Å². The van der Waals surface area contributed by atoms with E-state index in [1.807, 2.05) is 0 Å². The summed E-state index contributed by atoms with van der Waals surface area (Å²) in [6.07, 6.45) is 3.00. The van der Waals surface area contributed by atoms with Gasteiger partial charge < -0.3 is 19.7 Å². The molecule has 2 aliphatic heterocycles. The van der Waals surface area contributed by atoms with Crippen LogP contribution in [0.3, 0.4) is 0 Å². The molecule has 0 atom stereocenters. The lowest BCUT2D eigenvalue weighted by molar-refractivity contribution is -0.121. The summed E-state index contributed by atoms with van der Waals surface area (Å²) in [5, 5.41) is 9.83. The molecule has 2 aliphatic rings. The molecule has 3 heterocycles. The minimum Gasteiger partial charge on any atom is -0.454 e. The van der Waals surface area contributed by atoms with Gasteiger partial charge in [0.25, 0.3) is 0 Å². The summed E-state index contributed by atoms with van der Waals surface area (Å²) in [6.45, 7) is 1.25. The second kappa shape index (κ2) is 7.18. The molecule has 9 nitrogen and oxygen atoms in total. The molecule has 1 fully saturated rings. The number of hydrogen-bond acceptors (Lipinski definition) is 5. The van der Waals surface area contributed by atoms with Crippen LogP contribution in [0.1, 0.15) is 12.8 Å². The number of likely N-dealkylation sites (tertiary alicyclic amines) is 1. The number of carbonyl (C=O) groups excluding carboxylic acids is 2. The van der Waals surface area contributed by atoms with Crippen molar-refractivity contribution in [2.75, 3.05) is 30.5 Å². The SMILES string of the molecule is Cn1ccc(NC(=O)N2CCC(C(=O)Nc3ccc4c(c3)OCO4)CC2)n1. The Kier molecular flexibility index (Phi) is 4.57. The van der Waals surface area contributed by atoms with E-state index in [9.17, 15) is 9.59 Å². The van der Waals surface area contributed by atoms with Crippen LogP contribution in [0.5, 0.6) is 11.5 Å². The Bertz CT molecular complexity index is 857. The third kappa shape index (κ3) is 3.81. The highest BCUT2D eigenvalue weighted by atomic mass is 16.7. The smallest absolute Gasteiger partial charge is 0.323 e. The number of fused-ring (bicyclic) bond motifs is 1. The van der Waals surface area contributed by atoms with E-state index in [-0.39, 0.29) is 24.6 Å². The molecule has 0 spiro atoms. The van der Waals surface area contributed by atoms with Gasteiger partial charge >= 0.3 is 6.03 Å². The van der Waals surface area contributed by atoms with Gasteiger partial charge in [-0.2, -0.15) is 5.10 Å². The second-order valence-electron chi connectivity index (χ2n) is 6.62. The first-order valence-electron chi connectivity index (χ1n) is 8.84. The second-order valence-corrected chi connectivity index (χ2v) is 6.62. The van der Waals surface area contributed by atoms with Gasteiger partial charge in [0.15, 0.2) is 17.3 Å². The number of amides is 3. The van der Waals surface area contributed by atoms with Crippen molar-refractivity contribution in [2.45, 2.75) is 12.8 Å². The maximum atomic E-state index is 12.5. The highest BCUT2D eigenvalue weighted by Gasteiger charge is 2.28. The quantitative estimate of drug-likeness (QED) is 0.860. The molecule has 4 rings (SSSR count). The van der Waals surface area contributed by atoms with E-state index in [2.05, 4.69) is 15.7 Å². The van der Waals surface area contributed by atoms with Crippen molar-refractivity contribution in [3.05, 3.63) is 30.5 Å². The zero-order chi connectivity index (χ0) is 18.8. The first-order valence-corrected chi connectivity index (χ1v) is 8.84. The highest BCUT2D eigenvalue weighted by molar-refractivity contribution is 5.93. The Labute approximate surface area is 156 Å². The molecule has 0 bridgehead atoms. The summed E-state index contributed by atoms with van der Waals surface area (Å²) in [5.41, 5.74) is 0.680. The van der Waals surface area contributed by atoms with Gasteiger partial charge in [-0.05, 0) is 25.0 Å². The summed E-state index contributed by atoms with van der Waals surface area (Å²) >= 11 is 0. The molecular weight excluding hydrogens is 350 g/mol. The van der Waals surface area contributed by atoms with Crippen LogP contribution in [-0.2, 0) is 11.8 Å². The van der Waals surface area contributed by atoms with Crippen LogP contribution < -0.4 is 20.1 Å². The number of nitrogens with one attached hydrogen (secondary N) is 2. The summed E-state index contributed by atoms with van der Waals surface area (Å²) in [4.78, 5) is 26.5. The predicted molar refractivity (Wildman–Crippen MR) is 97.7 cm³/mol. The maximum absolute atomic E-state index is 12.5. The Morgan fingerprint density at radius 1 is 1.11 bits per heavy atom. The van der Waals surface area contributed by atoms with Crippen molar-refractivity contribution in [2.24, 2.45) is 13.0 Å². The van der Waals surface area contributed by atoms with E-state index in [0.717, 1.165) is 0 Å². The number of anilines is 2. The van der Waals surface area contributed by atoms with Crippen LogP contribution in [0.2, 0.25) is 0 Å². The van der Waals surface area contributed by atoms with Gasteiger partial charge in [-0.25, -0.2) is 4.79 Å². The normalized spacial score (nSPS) is 16.3. The molecule has 142 valence electrons. The molecule has 0 aliphatic carbocycles. The van der Waals surface area contributed by atoms with Gasteiger partial charge in [-0.3, -0.25) is 14.8 Å². The average molecular weight is 371 g/mol. The van der Waals surface area contributed by atoms with E-state index >= 15 is 0 Å². The molecule has 2 aromatic rings. The number of aryl methyl sites for hydroxylation is 1. The van der Waals surface area contributed by atoms with Crippen molar-refractivity contribution in [1.82, 2.24) is 14.7 Å². The molecule has 1 saturated heterocycles. The monoisotopic (exact) mass is 371 g/mol. The lowest BCUT2D eigenvalue weighted by Crippen LogP contribution is -2.43. The Morgan fingerprint density at radius 3 is 2.63 bits per heavy atom. The Hall–Kier alpha value is -3.23. The van der Waals surface area contributed by atoms with Crippen LogP contribution in [-0.4, -0.2) is 46.5 Å². The molecule has 3 amide bonds. The molecular formula is C18H21N5O4. The molecule has 2 N–H and O–H groups in total. The largest absolute Gasteiger partial charge is 0.454 e. The van der Waals surface area contributed by atoms with E-state index in [1.54, 1.807) is 47.1 Å². The summed E-state index contributed by atoms with van der Waals surface area (Å²) in [5.74, 6) is 1.66. The number of aromatic nitrogens is 2. The van der Waals surface area contributed by atoms with Crippen molar-refractivity contribution in [3.8, 4) is 11.5 Å². The Balaban J connectivity index is 1.28. The van der Waals surface area contributed by atoms with Gasteiger partial charge in [0.2, 0.25) is 12.7 Å². The van der Waals surface area contributed by atoms with Gasteiger partial charge in [-0.15, -0.1) is 0 Å². The standard InChI is InChI=1S/C18H21N5O4/c1-22-7-6-16(21-22)20-18(25)23-8-4-12(5-9-23)17(24)19-13-2-3-14-15(10-13)27-11-26-14/h2-3,6-7,10,12H,4-5,8-9,11H2,1H3,(H,19,24)(H,20,21,25). The number of hydrogen-bond donors (Lipinski definition) is 2. The zero-order valence-corrected chi connectivity index (χ0v) is 15.0. The Morgan fingerprint density at radius 2 is 1.89 bits per heavy atom. The number of piperidine rings is 1. The van der Waals surface area contributed by atoms with E-state index in [1.165, 1.54) is 0 Å². The fraction of sp³-hybridized carbons (Fsp3) is 0.389. The molecule has 1 aromatic carbocycles.